The summed E-state index contributed by atoms with van der Waals surface area (Å²) in [5, 5.41) is 19.6. The van der Waals surface area contributed by atoms with Crippen LogP contribution in [0.5, 0.6) is 23.0 Å². The van der Waals surface area contributed by atoms with Crippen LogP contribution in [0.1, 0.15) is 36.7 Å². The Balaban J connectivity index is 0.00000583. The molecule has 1 aromatic heterocycles. The van der Waals surface area contributed by atoms with Gasteiger partial charge in [0, 0.05) is 34.8 Å². The molecule has 15 heteroatoms. The highest BCUT2D eigenvalue weighted by Gasteiger charge is 2.22. The molecule has 0 spiro atoms. The number of hydrogen-bond donors (Lipinski definition) is 5. The summed E-state index contributed by atoms with van der Waals surface area (Å²) in [7, 11) is -0.846. The van der Waals surface area contributed by atoms with Crippen molar-refractivity contribution in [2.75, 3.05) is 41.1 Å². The molecule has 0 aliphatic carbocycles. The third-order valence-corrected chi connectivity index (χ3v) is 8.09. The van der Waals surface area contributed by atoms with Crippen LogP contribution in [-0.4, -0.2) is 51.0 Å². The van der Waals surface area contributed by atoms with E-state index in [4.69, 9.17) is 14.2 Å². The van der Waals surface area contributed by atoms with E-state index in [9.17, 15) is 23.1 Å². The first-order chi connectivity index (χ1) is 23.6. The van der Waals surface area contributed by atoms with Gasteiger partial charge >= 0.3 is 12.0 Å². The molecule has 0 aliphatic rings. The fourth-order valence-electron chi connectivity index (χ4n) is 5.16. The molecular formula is C36H38ClN5O8S. The maximum atomic E-state index is 13.4. The number of carbonyl (C=O) groups excluding carboxylic acids is 1. The Labute approximate surface area is 301 Å². The lowest BCUT2D eigenvalue weighted by molar-refractivity contribution is 0.0693. The number of pyridine rings is 1. The number of methoxy groups -OCH3 is 2. The molecular weight excluding hydrogens is 698 g/mol. The summed E-state index contributed by atoms with van der Waals surface area (Å²) in [5.74, 6) is 0.717. The quantitative estimate of drug-likeness (QED) is 0.0888. The molecule has 4 aromatic carbocycles. The zero-order valence-corrected chi connectivity index (χ0v) is 30.3. The zero-order valence-electron chi connectivity index (χ0n) is 28.7. The maximum Gasteiger partial charge on any atom is 0.339 e. The maximum absolute atomic E-state index is 13.4. The van der Waals surface area contributed by atoms with E-state index in [0.29, 0.717) is 34.1 Å². The van der Waals surface area contributed by atoms with Crippen molar-refractivity contribution in [2.24, 2.45) is 0 Å². The van der Waals surface area contributed by atoms with Crippen molar-refractivity contribution in [3.05, 3.63) is 96.2 Å². The third kappa shape index (κ3) is 9.29. The number of fused-ring (bicyclic) bond motifs is 1. The highest BCUT2D eigenvalue weighted by atomic mass is 35.5. The molecule has 13 nitrogen and oxygen atoms in total. The Hall–Kier alpha value is -5.73. The fraction of sp³-hybridized carbons (Fsp3) is 0.194. The minimum absolute atomic E-state index is 0. The summed E-state index contributed by atoms with van der Waals surface area (Å²) in [5.41, 5.74) is 2.00. The molecule has 5 rings (SSSR count). The number of aromatic carboxylic acids is 1. The van der Waals surface area contributed by atoms with Crippen molar-refractivity contribution in [3.8, 4) is 23.0 Å². The van der Waals surface area contributed by atoms with Gasteiger partial charge in [-0.2, -0.15) is 0 Å². The number of nitrogens with one attached hydrogen (secondary N) is 4. The number of hydrogen-bond acceptors (Lipinski definition) is 9. The second kappa shape index (κ2) is 15.4. The number of ether oxygens (including phenoxy) is 3. The minimum Gasteiger partial charge on any atom is -0.496 e. The molecule has 0 unspecified atom stereocenters. The summed E-state index contributed by atoms with van der Waals surface area (Å²) in [6.45, 7) is 5.92. The van der Waals surface area contributed by atoms with Gasteiger partial charge in [0.05, 0.1) is 37.5 Å². The SMILES string of the molecule is COc1cc(Nc2cc(Oc3ccc(NC(=O)Nc4cc(C(C)(C)C)cc(NS(C)(=O)=O)c4OC)c4ccccc34)ccn2)ccc1C(=O)O.Cl. The highest BCUT2D eigenvalue weighted by molar-refractivity contribution is 7.92. The van der Waals surface area contributed by atoms with Crippen LogP contribution < -0.4 is 34.9 Å². The number of rotatable bonds is 11. The largest absolute Gasteiger partial charge is 0.496 e. The van der Waals surface area contributed by atoms with Gasteiger partial charge in [0.25, 0.3) is 0 Å². The highest BCUT2D eigenvalue weighted by Crippen LogP contribution is 2.40. The Morgan fingerprint density at radius 2 is 1.49 bits per heavy atom. The molecule has 0 atom stereocenters. The first-order valence-corrected chi connectivity index (χ1v) is 17.2. The van der Waals surface area contributed by atoms with Crippen LogP contribution in [0.2, 0.25) is 0 Å². The molecule has 2 amide bonds. The van der Waals surface area contributed by atoms with Gasteiger partial charge in [-0.15, -0.1) is 12.4 Å². The van der Waals surface area contributed by atoms with Crippen molar-refractivity contribution >= 4 is 73.8 Å². The van der Waals surface area contributed by atoms with Gasteiger partial charge in [0.15, 0.2) is 5.75 Å². The van der Waals surface area contributed by atoms with Gasteiger partial charge in [-0.05, 0) is 53.4 Å². The molecule has 268 valence electrons. The Morgan fingerprint density at radius 3 is 2.14 bits per heavy atom. The molecule has 5 N–H and O–H groups in total. The van der Waals surface area contributed by atoms with Gasteiger partial charge in [-0.1, -0.05) is 45.0 Å². The molecule has 0 bridgehead atoms. The van der Waals surface area contributed by atoms with E-state index in [2.05, 4.69) is 25.7 Å². The van der Waals surface area contributed by atoms with Crippen LogP contribution in [-0.2, 0) is 15.4 Å². The van der Waals surface area contributed by atoms with Gasteiger partial charge in [-0.25, -0.2) is 23.0 Å². The number of aromatic nitrogens is 1. The topological polar surface area (TPSA) is 177 Å². The van der Waals surface area contributed by atoms with E-state index in [-0.39, 0.29) is 46.3 Å². The molecule has 51 heavy (non-hydrogen) atoms. The van der Waals surface area contributed by atoms with E-state index in [1.165, 1.54) is 20.3 Å². The van der Waals surface area contributed by atoms with E-state index in [0.717, 1.165) is 17.2 Å². The summed E-state index contributed by atoms with van der Waals surface area (Å²) >= 11 is 0. The molecule has 0 saturated heterocycles. The second-order valence-corrected chi connectivity index (χ2v) is 14.0. The number of nitrogens with zero attached hydrogens (tertiary/aromatic N) is 1. The van der Waals surface area contributed by atoms with Crippen LogP contribution in [0.15, 0.2) is 85.1 Å². The van der Waals surface area contributed by atoms with Crippen molar-refractivity contribution in [2.45, 2.75) is 26.2 Å². The van der Waals surface area contributed by atoms with Crippen LogP contribution in [0, 0.1) is 0 Å². The van der Waals surface area contributed by atoms with Crippen molar-refractivity contribution in [1.29, 1.82) is 0 Å². The zero-order chi connectivity index (χ0) is 36.2. The summed E-state index contributed by atoms with van der Waals surface area (Å²) < 4.78 is 43.7. The van der Waals surface area contributed by atoms with Crippen molar-refractivity contribution in [1.82, 2.24) is 4.98 Å². The van der Waals surface area contributed by atoms with Crippen LogP contribution in [0.25, 0.3) is 10.8 Å². The van der Waals surface area contributed by atoms with Crippen LogP contribution in [0.4, 0.5) is 33.4 Å². The minimum atomic E-state index is -3.64. The third-order valence-electron chi connectivity index (χ3n) is 7.50. The monoisotopic (exact) mass is 735 g/mol. The number of carboxylic acid groups (broad SMARTS) is 1. The summed E-state index contributed by atoms with van der Waals surface area (Å²) in [6.07, 6.45) is 2.61. The van der Waals surface area contributed by atoms with Gasteiger partial charge in [-0.3, -0.25) is 4.72 Å². The predicted molar refractivity (Wildman–Crippen MR) is 202 cm³/mol. The lowest BCUT2D eigenvalue weighted by atomic mass is 9.86. The van der Waals surface area contributed by atoms with Gasteiger partial charge < -0.3 is 35.3 Å². The first kappa shape index (κ1) is 38.1. The normalized spacial score (nSPS) is 11.2. The molecule has 1 heterocycles. The second-order valence-electron chi connectivity index (χ2n) is 12.3. The first-order valence-electron chi connectivity index (χ1n) is 15.3. The fourth-order valence-corrected chi connectivity index (χ4v) is 5.71. The number of halogens is 1. The number of amides is 2. The molecule has 0 radical (unpaired) electrons. The summed E-state index contributed by atoms with van der Waals surface area (Å²) in [4.78, 5) is 29.2. The lowest BCUT2D eigenvalue weighted by Crippen LogP contribution is -2.22. The molecule has 0 fully saturated rings. The summed E-state index contributed by atoms with van der Waals surface area (Å²) in [6, 6.07) is 21.7. The van der Waals surface area contributed by atoms with E-state index < -0.39 is 22.0 Å². The Kier molecular flexibility index (Phi) is 11.5. The lowest BCUT2D eigenvalue weighted by Gasteiger charge is -2.24. The number of anilines is 5. The van der Waals surface area contributed by atoms with Gasteiger partial charge in [0.2, 0.25) is 10.0 Å². The van der Waals surface area contributed by atoms with Gasteiger partial charge in [0.1, 0.15) is 28.6 Å². The van der Waals surface area contributed by atoms with E-state index in [1.807, 2.05) is 45.0 Å². The molecule has 0 saturated carbocycles. The molecule has 5 aromatic rings. The van der Waals surface area contributed by atoms with Crippen molar-refractivity contribution in [3.63, 3.8) is 0 Å². The number of urea groups is 1. The van der Waals surface area contributed by atoms with Crippen molar-refractivity contribution < 1.29 is 37.3 Å². The smallest absolute Gasteiger partial charge is 0.339 e. The van der Waals surface area contributed by atoms with E-state index >= 15 is 0 Å². The number of benzene rings is 4. The van der Waals surface area contributed by atoms with Crippen LogP contribution in [0.3, 0.4) is 0 Å². The Morgan fingerprint density at radius 1 is 0.804 bits per heavy atom. The average Bonchev–Trinajstić information content (AvgIpc) is 3.04. The number of carbonyl (C=O) groups is 2. The Bertz CT molecular complexity index is 2210. The number of sulfonamides is 1. The standard InChI is InChI=1S/C36H37N5O8S.ClH/c1-36(2,3)21-17-28(33(48-5)29(18-21)41-50(6,45)46)40-35(44)39-27-13-14-30(25-10-8-7-9-24(25)27)49-23-15-16-37-32(20-23)38-22-11-12-26(34(42)43)31(19-22)47-4;/h7-20,41H,1-6H3,(H,37,38)(H,42,43)(H2,39,40,44);1H. The predicted octanol–water partition coefficient (Wildman–Crippen LogP) is 8.22. The van der Waals surface area contributed by atoms with Crippen LogP contribution >= 0.6 is 12.4 Å². The molecule has 0 aliphatic heterocycles. The number of carboxylic acids is 1. The average molecular weight is 736 g/mol. The van der Waals surface area contributed by atoms with E-state index in [1.54, 1.807) is 54.7 Å².